The molecule has 1 saturated heterocycles. The highest BCUT2D eigenvalue weighted by Gasteiger charge is 2.18. The molecule has 1 amide bonds. The topological polar surface area (TPSA) is 54.5 Å². The second kappa shape index (κ2) is 8.62. The fraction of sp³-hybridized carbons (Fsp3) is 0.400. The van der Waals surface area contributed by atoms with Crippen LogP contribution in [0.15, 0.2) is 48.7 Å². The summed E-state index contributed by atoms with van der Waals surface area (Å²) in [4.78, 5) is 18.7. The second-order valence-corrected chi connectivity index (χ2v) is 6.54. The van der Waals surface area contributed by atoms with Crippen LogP contribution in [0.5, 0.6) is 5.88 Å². The average Bonchev–Trinajstić information content (AvgIpc) is 2.64. The lowest BCUT2D eigenvalue weighted by Crippen LogP contribution is -2.35. The standard InChI is InChI=1S/C20H25N3O2/c1-23-13-11-18(12-14-23)25-20-10-8-17(15-21-20)22-19(24)9-7-16-5-3-2-4-6-16/h2-6,8,10,15,18H,7,9,11-14H2,1H3,(H,22,24). The molecule has 25 heavy (non-hydrogen) atoms. The van der Waals surface area contributed by atoms with Gasteiger partial charge in [-0.2, -0.15) is 0 Å². The maximum Gasteiger partial charge on any atom is 0.224 e. The van der Waals surface area contributed by atoms with Gasteiger partial charge in [0, 0.05) is 25.6 Å². The number of nitrogens with one attached hydrogen (secondary N) is 1. The van der Waals surface area contributed by atoms with Crippen LogP contribution in [0, 0.1) is 0 Å². The Bertz CT molecular complexity index is 665. The Morgan fingerprint density at radius 1 is 1.20 bits per heavy atom. The first-order valence-electron chi connectivity index (χ1n) is 8.84. The minimum absolute atomic E-state index is 0.00496. The highest BCUT2D eigenvalue weighted by Crippen LogP contribution is 2.18. The molecular weight excluding hydrogens is 314 g/mol. The number of carbonyl (C=O) groups is 1. The predicted molar refractivity (Wildman–Crippen MR) is 98.8 cm³/mol. The summed E-state index contributed by atoms with van der Waals surface area (Å²) >= 11 is 0. The number of likely N-dealkylation sites (tertiary alicyclic amines) is 1. The fourth-order valence-electron chi connectivity index (χ4n) is 2.92. The molecule has 0 bridgehead atoms. The molecular formula is C20H25N3O2. The van der Waals surface area contributed by atoms with E-state index < -0.39 is 0 Å². The fourth-order valence-corrected chi connectivity index (χ4v) is 2.92. The largest absolute Gasteiger partial charge is 0.474 e. The molecule has 0 saturated carbocycles. The van der Waals surface area contributed by atoms with Gasteiger partial charge >= 0.3 is 0 Å². The van der Waals surface area contributed by atoms with Gasteiger partial charge in [0.25, 0.3) is 0 Å². The van der Waals surface area contributed by atoms with Gasteiger partial charge in [0.05, 0.1) is 11.9 Å². The third-order valence-electron chi connectivity index (χ3n) is 4.46. The van der Waals surface area contributed by atoms with E-state index in [1.807, 2.05) is 42.5 Å². The van der Waals surface area contributed by atoms with Crippen LogP contribution in [0.2, 0.25) is 0 Å². The molecule has 1 aliphatic heterocycles. The van der Waals surface area contributed by atoms with Crippen LogP contribution in [0.25, 0.3) is 0 Å². The zero-order valence-corrected chi connectivity index (χ0v) is 14.6. The first kappa shape index (κ1) is 17.4. The van der Waals surface area contributed by atoms with Crippen molar-refractivity contribution in [2.75, 3.05) is 25.5 Å². The summed E-state index contributed by atoms with van der Waals surface area (Å²) in [6, 6.07) is 13.7. The Morgan fingerprint density at radius 2 is 1.96 bits per heavy atom. The third-order valence-corrected chi connectivity index (χ3v) is 4.46. The number of hydrogen-bond donors (Lipinski definition) is 1. The Hall–Kier alpha value is -2.40. The van der Waals surface area contributed by atoms with Crippen LogP contribution in [-0.2, 0) is 11.2 Å². The predicted octanol–water partition coefficient (Wildman–Crippen LogP) is 3.13. The maximum atomic E-state index is 12.0. The molecule has 1 aromatic heterocycles. The van der Waals surface area contributed by atoms with E-state index in [2.05, 4.69) is 22.2 Å². The number of pyridine rings is 1. The lowest BCUT2D eigenvalue weighted by atomic mass is 10.1. The molecule has 0 atom stereocenters. The number of hydrogen-bond acceptors (Lipinski definition) is 4. The van der Waals surface area contributed by atoms with E-state index >= 15 is 0 Å². The number of benzene rings is 1. The Balaban J connectivity index is 1.44. The molecule has 1 fully saturated rings. The Morgan fingerprint density at radius 3 is 2.64 bits per heavy atom. The van der Waals surface area contributed by atoms with Crippen molar-refractivity contribution in [2.24, 2.45) is 0 Å². The number of rotatable bonds is 6. The summed E-state index contributed by atoms with van der Waals surface area (Å²) in [5, 5.41) is 2.89. The monoisotopic (exact) mass is 339 g/mol. The van der Waals surface area contributed by atoms with E-state index in [4.69, 9.17) is 4.74 Å². The van der Waals surface area contributed by atoms with Gasteiger partial charge in [0.15, 0.2) is 0 Å². The smallest absolute Gasteiger partial charge is 0.224 e. The Labute approximate surface area is 149 Å². The van der Waals surface area contributed by atoms with Crippen molar-refractivity contribution in [1.29, 1.82) is 0 Å². The molecule has 0 unspecified atom stereocenters. The van der Waals surface area contributed by atoms with Crippen LogP contribution in [0.4, 0.5) is 5.69 Å². The number of aryl methyl sites for hydroxylation is 1. The molecule has 3 rings (SSSR count). The van der Waals surface area contributed by atoms with Crippen LogP contribution in [0.1, 0.15) is 24.8 Å². The molecule has 2 heterocycles. The van der Waals surface area contributed by atoms with Gasteiger partial charge in [0.2, 0.25) is 11.8 Å². The van der Waals surface area contributed by atoms with E-state index in [1.54, 1.807) is 6.20 Å². The van der Waals surface area contributed by atoms with Crippen LogP contribution in [0.3, 0.4) is 0 Å². The lowest BCUT2D eigenvalue weighted by molar-refractivity contribution is -0.116. The number of carbonyl (C=O) groups excluding carboxylic acids is 1. The summed E-state index contributed by atoms with van der Waals surface area (Å²) in [5.74, 6) is 0.617. The molecule has 0 aliphatic carbocycles. The quantitative estimate of drug-likeness (QED) is 0.878. The maximum absolute atomic E-state index is 12.0. The van der Waals surface area contributed by atoms with E-state index in [-0.39, 0.29) is 12.0 Å². The zero-order chi connectivity index (χ0) is 17.5. The zero-order valence-electron chi connectivity index (χ0n) is 14.6. The molecule has 1 N–H and O–H groups in total. The second-order valence-electron chi connectivity index (χ2n) is 6.54. The van der Waals surface area contributed by atoms with E-state index in [0.29, 0.717) is 18.0 Å². The minimum atomic E-state index is -0.00496. The third kappa shape index (κ3) is 5.57. The first-order chi connectivity index (χ1) is 12.2. The normalized spacial score (nSPS) is 15.7. The van der Waals surface area contributed by atoms with Gasteiger partial charge in [0.1, 0.15) is 6.10 Å². The van der Waals surface area contributed by atoms with Gasteiger partial charge in [-0.3, -0.25) is 4.79 Å². The minimum Gasteiger partial charge on any atom is -0.474 e. The van der Waals surface area contributed by atoms with E-state index in [0.717, 1.165) is 37.9 Å². The van der Waals surface area contributed by atoms with E-state index in [1.165, 1.54) is 0 Å². The molecule has 1 aromatic carbocycles. The van der Waals surface area contributed by atoms with Gasteiger partial charge in [-0.15, -0.1) is 0 Å². The lowest BCUT2D eigenvalue weighted by Gasteiger charge is -2.28. The first-order valence-corrected chi connectivity index (χ1v) is 8.84. The van der Waals surface area contributed by atoms with Crippen LogP contribution < -0.4 is 10.1 Å². The van der Waals surface area contributed by atoms with Gasteiger partial charge in [-0.25, -0.2) is 4.98 Å². The summed E-state index contributed by atoms with van der Waals surface area (Å²) < 4.78 is 5.92. The summed E-state index contributed by atoms with van der Waals surface area (Å²) in [5.41, 5.74) is 1.87. The summed E-state index contributed by atoms with van der Waals surface area (Å²) in [6.07, 6.45) is 5.13. The van der Waals surface area contributed by atoms with Crippen molar-refractivity contribution >= 4 is 11.6 Å². The van der Waals surface area contributed by atoms with Crippen LogP contribution >= 0.6 is 0 Å². The van der Waals surface area contributed by atoms with Crippen LogP contribution in [-0.4, -0.2) is 42.0 Å². The van der Waals surface area contributed by atoms with Crippen molar-refractivity contribution in [2.45, 2.75) is 31.8 Å². The highest BCUT2D eigenvalue weighted by atomic mass is 16.5. The molecule has 5 nitrogen and oxygen atoms in total. The number of amides is 1. The SMILES string of the molecule is CN1CCC(Oc2ccc(NC(=O)CCc3ccccc3)cn2)CC1. The van der Waals surface area contributed by atoms with E-state index in [9.17, 15) is 4.79 Å². The van der Waals surface area contributed by atoms with Gasteiger partial charge in [-0.05, 0) is 37.9 Å². The number of nitrogens with zero attached hydrogens (tertiary/aromatic N) is 2. The summed E-state index contributed by atoms with van der Waals surface area (Å²) in [7, 11) is 2.13. The average molecular weight is 339 g/mol. The molecule has 132 valence electrons. The van der Waals surface area contributed by atoms with Crippen molar-refractivity contribution in [3.8, 4) is 5.88 Å². The van der Waals surface area contributed by atoms with Crippen molar-refractivity contribution in [3.05, 3.63) is 54.2 Å². The molecule has 0 spiro atoms. The highest BCUT2D eigenvalue weighted by molar-refractivity contribution is 5.90. The summed E-state index contributed by atoms with van der Waals surface area (Å²) in [6.45, 7) is 2.11. The molecule has 2 aromatic rings. The van der Waals surface area contributed by atoms with Crippen molar-refractivity contribution in [1.82, 2.24) is 9.88 Å². The number of ether oxygens (including phenoxy) is 1. The molecule has 5 heteroatoms. The van der Waals surface area contributed by atoms with Crippen molar-refractivity contribution in [3.63, 3.8) is 0 Å². The molecule has 1 aliphatic rings. The Kier molecular flexibility index (Phi) is 6.01. The number of piperidine rings is 1. The van der Waals surface area contributed by atoms with Crippen molar-refractivity contribution < 1.29 is 9.53 Å². The van der Waals surface area contributed by atoms with Gasteiger partial charge in [-0.1, -0.05) is 30.3 Å². The van der Waals surface area contributed by atoms with Gasteiger partial charge < -0.3 is 15.0 Å². The number of aromatic nitrogens is 1. The molecule has 0 radical (unpaired) electrons. The number of anilines is 1.